The second-order valence-electron chi connectivity index (χ2n) is 5.49. The average Bonchev–Trinajstić information content (AvgIpc) is 2.99. The van der Waals surface area contributed by atoms with Crippen molar-refractivity contribution >= 4 is 34.2 Å². The standard InChI is InChI=1S/C16H18N4O3S/c1-9-10(2)24-14(18-9)6-7-17-15(21)19-11-4-5-12-13(8-11)23-16(22)20(12)3/h4-5,8H,6-7H2,1-3H3,(H2,17,19,21). The van der Waals surface area contributed by atoms with Gasteiger partial charge in [0, 0.05) is 36.6 Å². The van der Waals surface area contributed by atoms with Crippen molar-refractivity contribution in [2.75, 3.05) is 11.9 Å². The number of rotatable bonds is 4. The maximum Gasteiger partial charge on any atom is 0.419 e. The summed E-state index contributed by atoms with van der Waals surface area (Å²) in [4.78, 5) is 29.1. The number of nitrogens with zero attached hydrogens (tertiary/aromatic N) is 2. The Labute approximate surface area is 142 Å². The molecule has 3 rings (SSSR count). The molecule has 2 amide bonds. The summed E-state index contributed by atoms with van der Waals surface area (Å²) < 4.78 is 6.52. The van der Waals surface area contributed by atoms with Crippen LogP contribution in [0.25, 0.3) is 11.1 Å². The van der Waals surface area contributed by atoms with Gasteiger partial charge in [0.25, 0.3) is 0 Å². The SMILES string of the molecule is Cc1nc(CCNC(=O)Nc2ccc3c(c2)oc(=O)n3C)sc1C. The number of hydrogen-bond donors (Lipinski definition) is 2. The largest absolute Gasteiger partial charge is 0.419 e. The van der Waals surface area contributed by atoms with Gasteiger partial charge in [0.15, 0.2) is 5.58 Å². The van der Waals surface area contributed by atoms with Crippen LogP contribution in [-0.2, 0) is 13.5 Å². The van der Waals surface area contributed by atoms with E-state index in [0.717, 1.165) is 10.7 Å². The second kappa shape index (κ2) is 6.48. The highest BCUT2D eigenvalue weighted by Crippen LogP contribution is 2.18. The van der Waals surface area contributed by atoms with E-state index in [9.17, 15) is 9.59 Å². The molecule has 0 aliphatic heterocycles. The van der Waals surface area contributed by atoms with E-state index in [1.807, 2.05) is 13.8 Å². The lowest BCUT2D eigenvalue weighted by molar-refractivity contribution is 0.252. The lowest BCUT2D eigenvalue weighted by Crippen LogP contribution is -2.30. The van der Waals surface area contributed by atoms with Crippen LogP contribution in [0, 0.1) is 13.8 Å². The molecule has 2 aromatic heterocycles. The van der Waals surface area contributed by atoms with Crippen LogP contribution in [0.4, 0.5) is 10.5 Å². The molecule has 1 aromatic carbocycles. The average molecular weight is 346 g/mol. The van der Waals surface area contributed by atoms with E-state index >= 15 is 0 Å². The third-order valence-corrected chi connectivity index (χ3v) is 4.88. The fraction of sp³-hybridized carbons (Fsp3) is 0.312. The number of urea groups is 1. The molecule has 0 unspecified atom stereocenters. The lowest BCUT2D eigenvalue weighted by atomic mass is 10.3. The monoisotopic (exact) mass is 346 g/mol. The molecule has 8 heteroatoms. The smallest absolute Gasteiger partial charge is 0.408 e. The summed E-state index contributed by atoms with van der Waals surface area (Å²) in [5.41, 5.74) is 2.72. The molecule has 24 heavy (non-hydrogen) atoms. The van der Waals surface area contributed by atoms with E-state index in [2.05, 4.69) is 15.6 Å². The van der Waals surface area contributed by atoms with E-state index < -0.39 is 5.76 Å². The quantitative estimate of drug-likeness (QED) is 0.760. The van der Waals surface area contributed by atoms with Crippen molar-refractivity contribution < 1.29 is 9.21 Å². The van der Waals surface area contributed by atoms with Crippen LogP contribution in [-0.4, -0.2) is 22.1 Å². The van der Waals surface area contributed by atoms with Crippen molar-refractivity contribution in [3.63, 3.8) is 0 Å². The van der Waals surface area contributed by atoms with E-state index in [0.29, 0.717) is 29.8 Å². The van der Waals surface area contributed by atoms with Gasteiger partial charge in [0.1, 0.15) is 0 Å². The summed E-state index contributed by atoms with van der Waals surface area (Å²) >= 11 is 1.65. The number of oxazole rings is 1. The van der Waals surface area contributed by atoms with Crippen LogP contribution in [0.3, 0.4) is 0 Å². The Morgan fingerprint density at radius 1 is 1.38 bits per heavy atom. The Kier molecular flexibility index (Phi) is 4.39. The van der Waals surface area contributed by atoms with Crippen LogP contribution in [0.1, 0.15) is 15.6 Å². The maximum absolute atomic E-state index is 11.9. The lowest BCUT2D eigenvalue weighted by Gasteiger charge is -2.06. The molecule has 0 aliphatic rings. The number of benzene rings is 1. The molecular formula is C16H18N4O3S. The Morgan fingerprint density at radius 3 is 2.88 bits per heavy atom. The minimum atomic E-state index is -0.430. The van der Waals surface area contributed by atoms with Crippen LogP contribution in [0.15, 0.2) is 27.4 Å². The summed E-state index contributed by atoms with van der Waals surface area (Å²) in [6.45, 7) is 4.52. The van der Waals surface area contributed by atoms with Gasteiger partial charge in [-0.15, -0.1) is 11.3 Å². The Bertz CT molecular complexity index is 935. The fourth-order valence-electron chi connectivity index (χ4n) is 2.32. The minimum absolute atomic E-state index is 0.308. The second-order valence-corrected chi connectivity index (χ2v) is 6.78. The first-order valence-corrected chi connectivity index (χ1v) is 8.33. The predicted molar refractivity (Wildman–Crippen MR) is 93.8 cm³/mol. The highest BCUT2D eigenvalue weighted by molar-refractivity contribution is 7.11. The zero-order valence-corrected chi connectivity index (χ0v) is 14.5. The van der Waals surface area contributed by atoms with E-state index in [1.54, 1.807) is 36.6 Å². The molecule has 7 nitrogen and oxygen atoms in total. The fourth-order valence-corrected chi connectivity index (χ4v) is 3.25. The number of aryl methyl sites for hydroxylation is 3. The normalized spacial score (nSPS) is 11.0. The zero-order valence-electron chi connectivity index (χ0n) is 13.7. The van der Waals surface area contributed by atoms with Crippen molar-refractivity contribution in [2.45, 2.75) is 20.3 Å². The van der Waals surface area contributed by atoms with Gasteiger partial charge in [-0.2, -0.15) is 0 Å². The Hall–Kier alpha value is -2.61. The molecule has 0 fully saturated rings. The maximum atomic E-state index is 11.9. The first kappa shape index (κ1) is 16.3. The Morgan fingerprint density at radius 2 is 2.17 bits per heavy atom. The van der Waals surface area contributed by atoms with Gasteiger partial charge in [-0.3, -0.25) is 4.57 Å². The van der Waals surface area contributed by atoms with Crippen molar-refractivity contribution in [1.29, 1.82) is 0 Å². The van der Waals surface area contributed by atoms with Gasteiger partial charge in [-0.05, 0) is 26.0 Å². The van der Waals surface area contributed by atoms with E-state index in [4.69, 9.17) is 4.42 Å². The molecular weight excluding hydrogens is 328 g/mol. The van der Waals surface area contributed by atoms with Gasteiger partial charge in [-0.25, -0.2) is 14.6 Å². The van der Waals surface area contributed by atoms with Crippen molar-refractivity contribution in [2.24, 2.45) is 7.05 Å². The number of amides is 2. The van der Waals surface area contributed by atoms with E-state index in [1.165, 1.54) is 9.44 Å². The summed E-state index contributed by atoms with van der Waals surface area (Å²) in [7, 11) is 1.63. The van der Waals surface area contributed by atoms with Crippen LogP contribution in [0.2, 0.25) is 0 Å². The number of fused-ring (bicyclic) bond motifs is 1. The molecule has 0 aliphatic carbocycles. The van der Waals surface area contributed by atoms with Crippen molar-refractivity contribution in [1.82, 2.24) is 14.9 Å². The summed E-state index contributed by atoms with van der Waals surface area (Å²) in [5.74, 6) is -0.430. The van der Waals surface area contributed by atoms with Crippen molar-refractivity contribution in [3.8, 4) is 0 Å². The highest BCUT2D eigenvalue weighted by Gasteiger charge is 2.09. The summed E-state index contributed by atoms with van der Waals surface area (Å²) in [6, 6.07) is 4.78. The molecule has 2 N–H and O–H groups in total. The predicted octanol–water partition coefficient (Wildman–Crippen LogP) is 2.57. The molecule has 0 saturated carbocycles. The van der Waals surface area contributed by atoms with Gasteiger partial charge in [0.2, 0.25) is 0 Å². The zero-order chi connectivity index (χ0) is 17.3. The van der Waals surface area contributed by atoms with Crippen molar-refractivity contribution in [3.05, 3.63) is 44.3 Å². The number of nitrogens with one attached hydrogen (secondary N) is 2. The Balaban J connectivity index is 1.57. The molecule has 0 radical (unpaired) electrons. The summed E-state index contributed by atoms with van der Waals surface area (Å²) in [5, 5.41) is 6.53. The molecule has 0 atom stereocenters. The van der Waals surface area contributed by atoms with Crippen LogP contribution >= 0.6 is 11.3 Å². The number of thiazole rings is 1. The molecule has 3 aromatic rings. The number of hydrogen-bond acceptors (Lipinski definition) is 5. The molecule has 126 valence electrons. The third kappa shape index (κ3) is 3.33. The summed E-state index contributed by atoms with van der Waals surface area (Å²) in [6.07, 6.45) is 0.694. The molecule has 2 heterocycles. The first-order valence-electron chi connectivity index (χ1n) is 7.51. The minimum Gasteiger partial charge on any atom is -0.408 e. The van der Waals surface area contributed by atoms with Gasteiger partial charge < -0.3 is 15.1 Å². The van der Waals surface area contributed by atoms with Gasteiger partial charge in [-0.1, -0.05) is 0 Å². The number of aromatic nitrogens is 2. The van der Waals surface area contributed by atoms with Crippen LogP contribution in [0.5, 0.6) is 0 Å². The molecule has 0 spiro atoms. The number of anilines is 1. The number of carbonyl (C=O) groups is 1. The van der Waals surface area contributed by atoms with E-state index in [-0.39, 0.29) is 6.03 Å². The molecule has 0 bridgehead atoms. The van der Waals surface area contributed by atoms with Crippen LogP contribution < -0.4 is 16.4 Å². The topological polar surface area (TPSA) is 89.2 Å². The first-order chi connectivity index (χ1) is 11.4. The van der Waals surface area contributed by atoms with Gasteiger partial charge in [0.05, 0.1) is 16.2 Å². The number of carbonyl (C=O) groups excluding carboxylic acids is 1. The van der Waals surface area contributed by atoms with Gasteiger partial charge >= 0.3 is 11.8 Å². The third-order valence-electron chi connectivity index (χ3n) is 3.75. The molecule has 0 saturated heterocycles. The highest BCUT2D eigenvalue weighted by atomic mass is 32.1.